The number of nitrogens with zero attached hydrogens (tertiary/aromatic N) is 3. The zero-order valence-electron chi connectivity index (χ0n) is 15.3. The number of rotatable bonds is 5. The van der Waals surface area contributed by atoms with Gasteiger partial charge in [-0.15, -0.1) is 0 Å². The van der Waals surface area contributed by atoms with Crippen molar-refractivity contribution in [2.75, 3.05) is 26.3 Å². The third-order valence-electron chi connectivity index (χ3n) is 5.51. The van der Waals surface area contributed by atoms with Crippen LogP contribution in [0.15, 0.2) is 35.0 Å². The topological polar surface area (TPSA) is 76.4 Å². The minimum absolute atomic E-state index is 0.248. The normalized spacial score (nSPS) is 21.9. The van der Waals surface area contributed by atoms with Crippen LogP contribution in [0.1, 0.15) is 36.9 Å². The van der Waals surface area contributed by atoms with Crippen LogP contribution in [-0.2, 0) is 11.3 Å². The van der Waals surface area contributed by atoms with E-state index in [9.17, 15) is 0 Å². The van der Waals surface area contributed by atoms with Crippen LogP contribution in [0.2, 0.25) is 0 Å². The number of aromatic amines is 1. The second-order valence-corrected chi connectivity index (χ2v) is 7.40. The molecule has 27 heavy (non-hydrogen) atoms. The van der Waals surface area contributed by atoms with Crippen molar-refractivity contribution in [2.45, 2.75) is 37.8 Å². The Kier molecular flexibility index (Phi) is 4.55. The molecule has 2 aliphatic heterocycles. The number of nitrogens with one attached hydrogen (secondary N) is 1. The van der Waals surface area contributed by atoms with E-state index in [1.807, 2.05) is 12.3 Å². The fraction of sp³-hybridized carbons (Fsp3) is 0.500. The molecule has 7 heteroatoms. The van der Waals surface area contributed by atoms with Crippen molar-refractivity contribution in [3.8, 4) is 5.75 Å². The van der Waals surface area contributed by atoms with E-state index < -0.39 is 0 Å². The maximum atomic E-state index is 6.29. The highest BCUT2D eigenvalue weighted by Crippen LogP contribution is 2.28. The molecule has 0 saturated carbocycles. The molecule has 0 bridgehead atoms. The summed E-state index contributed by atoms with van der Waals surface area (Å²) in [7, 11) is 0. The van der Waals surface area contributed by atoms with Gasteiger partial charge in [0.2, 0.25) is 5.89 Å². The Labute approximate surface area is 157 Å². The van der Waals surface area contributed by atoms with E-state index in [1.165, 1.54) is 0 Å². The van der Waals surface area contributed by atoms with Gasteiger partial charge in [-0.05, 0) is 37.5 Å². The largest absolute Gasteiger partial charge is 0.490 e. The molecule has 0 spiro atoms. The summed E-state index contributed by atoms with van der Waals surface area (Å²) in [5, 5.41) is 5.30. The van der Waals surface area contributed by atoms with Gasteiger partial charge in [-0.2, -0.15) is 4.98 Å². The number of fused-ring (bicyclic) bond motifs is 1. The third-order valence-corrected chi connectivity index (χ3v) is 5.51. The zero-order valence-corrected chi connectivity index (χ0v) is 15.3. The zero-order chi connectivity index (χ0) is 18.1. The van der Waals surface area contributed by atoms with Gasteiger partial charge in [0, 0.05) is 36.8 Å². The summed E-state index contributed by atoms with van der Waals surface area (Å²) < 4.78 is 17.1. The lowest BCUT2D eigenvalue weighted by atomic mass is 10.1. The summed E-state index contributed by atoms with van der Waals surface area (Å²) in [4.78, 5) is 10.2. The van der Waals surface area contributed by atoms with E-state index in [2.05, 4.69) is 38.2 Å². The highest BCUT2D eigenvalue weighted by molar-refractivity contribution is 5.85. The molecule has 0 amide bonds. The Hall–Kier alpha value is -2.38. The second-order valence-electron chi connectivity index (χ2n) is 7.40. The Morgan fingerprint density at radius 2 is 2.11 bits per heavy atom. The first-order valence-corrected chi connectivity index (χ1v) is 9.70. The molecule has 1 unspecified atom stereocenters. The number of aromatic nitrogens is 3. The quantitative estimate of drug-likeness (QED) is 0.746. The summed E-state index contributed by atoms with van der Waals surface area (Å²) in [6.45, 7) is 4.16. The van der Waals surface area contributed by atoms with Gasteiger partial charge in [-0.1, -0.05) is 11.2 Å². The molecule has 4 heterocycles. The van der Waals surface area contributed by atoms with Crippen molar-refractivity contribution in [1.29, 1.82) is 0 Å². The highest BCUT2D eigenvalue weighted by atomic mass is 16.5. The average Bonchev–Trinajstić information content (AvgIpc) is 3.45. The fourth-order valence-electron chi connectivity index (χ4n) is 3.95. The molecule has 2 aromatic heterocycles. The predicted molar refractivity (Wildman–Crippen MR) is 99.7 cm³/mol. The SMILES string of the molecule is c1cc(OC2CCN(Cc3noc(C4CCOC4)n3)CC2)c2cc[nH]c2c1. The average molecular weight is 368 g/mol. The van der Waals surface area contributed by atoms with Crippen LogP contribution in [0.4, 0.5) is 0 Å². The van der Waals surface area contributed by atoms with E-state index in [-0.39, 0.29) is 12.0 Å². The van der Waals surface area contributed by atoms with Crippen LogP contribution < -0.4 is 4.74 Å². The van der Waals surface area contributed by atoms with E-state index >= 15 is 0 Å². The van der Waals surface area contributed by atoms with Crippen molar-refractivity contribution in [3.63, 3.8) is 0 Å². The molecule has 1 aromatic carbocycles. The number of hydrogen-bond donors (Lipinski definition) is 1. The Balaban J connectivity index is 1.15. The molecule has 0 radical (unpaired) electrons. The molecule has 2 saturated heterocycles. The van der Waals surface area contributed by atoms with Gasteiger partial charge in [0.1, 0.15) is 11.9 Å². The first-order valence-electron chi connectivity index (χ1n) is 9.70. The molecule has 1 N–H and O–H groups in total. The van der Waals surface area contributed by atoms with E-state index in [0.29, 0.717) is 6.61 Å². The molecule has 3 aromatic rings. The van der Waals surface area contributed by atoms with E-state index in [1.54, 1.807) is 0 Å². The van der Waals surface area contributed by atoms with Crippen LogP contribution in [0.5, 0.6) is 5.75 Å². The molecule has 2 fully saturated rings. The Morgan fingerprint density at radius 3 is 2.96 bits per heavy atom. The van der Waals surface area contributed by atoms with Crippen molar-refractivity contribution in [3.05, 3.63) is 42.2 Å². The highest BCUT2D eigenvalue weighted by Gasteiger charge is 2.26. The van der Waals surface area contributed by atoms with Crippen LogP contribution in [0.25, 0.3) is 10.9 Å². The van der Waals surface area contributed by atoms with Gasteiger partial charge >= 0.3 is 0 Å². The van der Waals surface area contributed by atoms with Crippen LogP contribution >= 0.6 is 0 Å². The molecular formula is C20H24N4O3. The smallest absolute Gasteiger partial charge is 0.232 e. The molecule has 5 rings (SSSR count). The molecule has 0 aliphatic carbocycles. The lowest BCUT2D eigenvalue weighted by Gasteiger charge is -2.31. The summed E-state index contributed by atoms with van der Waals surface area (Å²) in [5.41, 5.74) is 1.12. The second kappa shape index (κ2) is 7.32. The Morgan fingerprint density at radius 1 is 1.19 bits per heavy atom. The maximum absolute atomic E-state index is 6.29. The maximum Gasteiger partial charge on any atom is 0.232 e. The van der Waals surface area contributed by atoms with Gasteiger partial charge in [-0.25, -0.2) is 0 Å². The number of likely N-dealkylation sites (tertiary alicyclic amines) is 1. The molecule has 7 nitrogen and oxygen atoms in total. The molecule has 142 valence electrons. The minimum atomic E-state index is 0.248. The van der Waals surface area contributed by atoms with Crippen molar-refractivity contribution < 1.29 is 14.0 Å². The first-order chi connectivity index (χ1) is 13.3. The number of ether oxygens (including phenoxy) is 2. The van der Waals surface area contributed by atoms with Crippen LogP contribution in [0, 0.1) is 0 Å². The summed E-state index contributed by atoms with van der Waals surface area (Å²) >= 11 is 0. The number of H-pyrrole nitrogens is 1. The lowest BCUT2D eigenvalue weighted by molar-refractivity contribution is 0.0960. The summed E-state index contributed by atoms with van der Waals surface area (Å²) in [6, 6.07) is 8.23. The standard InChI is InChI=1S/C20H24N4O3/c1-2-17-16(4-8-21-17)18(3-1)26-15-5-9-24(10-6-15)12-19-22-20(27-23-19)14-7-11-25-13-14/h1-4,8,14-15,21H,5-7,9-13H2. The fourth-order valence-corrected chi connectivity index (χ4v) is 3.95. The predicted octanol–water partition coefficient (Wildman–Crippen LogP) is 3.10. The van der Waals surface area contributed by atoms with Crippen LogP contribution in [0.3, 0.4) is 0 Å². The van der Waals surface area contributed by atoms with Gasteiger partial charge < -0.3 is 19.0 Å². The van der Waals surface area contributed by atoms with Crippen molar-refractivity contribution in [2.24, 2.45) is 0 Å². The summed E-state index contributed by atoms with van der Waals surface area (Å²) in [5.74, 6) is 2.73. The van der Waals surface area contributed by atoms with Crippen molar-refractivity contribution in [1.82, 2.24) is 20.0 Å². The third kappa shape index (κ3) is 3.57. The van der Waals surface area contributed by atoms with Gasteiger partial charge in [0.05, 0.1) is 19.1 Å². The van der Waals surface area contributed by atoms with Gasteiger partial charge in [-0.3, -0.25) is 4.90 Å². The molecule has 1 atom stereocenters. The molecular weight excluding hydrogens is 344 g/mol. The van der Waals surface area contributed by atoms with Gasteiger partial charge in [0.15, 0.2) is 5.82 Å². The minimum Gasteiger partial charge on any atom is -0.490 e. The van der Waals surface area contributed by atoms with Crippen molar-refractivity contribution >= 4 is 10.9 Å². The van der Waals surface area contributed by atoms with E-state index in [4.69, 9.17) is 14.0 Å². The number of piperidine rings is 1. The molecule has 2 aliphatic rings. The summed E-state index contributed by atoms with van der Waals surface area (Å²) in [6.07, 6.45) is 5.18. The monoisotopic (exact) mass is 368 g/mol. The lowest BCUT2D eigenvalue weighted by Crippen LogP contribution is -2.38. The van der Waals surface area contributed by atoms with Gasteiger partial charge in [0.25, 0.3) is 0 Å². The number of benzene rings is 1. The van der Waals surface area contributed by atoms with Crippen LogP contribution in [-0.4, -0.2) is 52.4 Å². The van der Waals surface area contributed by atoms with E-state index in [0.717, 1.165) is 73.9 Å². The first kappa shape index (κ1) is 16.8. The number of hydrogen-bond acceptors (Lipinski definition) is 6. The Bertz CT molecular complexity index is 891.